The zero-order valence-corrected chi connectivity index (χ0v) is 13.9. The molecule has 0 unspecified atom stereocenters. The van der Waals surface area contributed by atoms with Crippen LogP contribution in [0.1, 0.15) is 24.8 Å². The molecule has 0 radical (unpaired) electrons. The quantitative estimate of drug-likeness (QED) is 0.872. The van der Waals surface area contributed by atoms with Crippen LogP contribution in [0.4, 0.5) is 0 Å². The van der Waals surface area contributed by atoms with Crippen molar-refractivity contribution in [1.29, 1.82) is 0 Å². The molecular formula is C17H25NO3S. The van der Waals surface area contributed by atoms with Gasteiger partial charge >= 0.3 is 0 Å². The molecule has 0 spiro atoms. The van der Waals surface area contributed by atoms with Gasteiger partial charge in [-0.2, -0.15) is 0 Å². The predicted molar refractivity (Wildman–Crippen MR) is 86.4 cm³/mol. The van der Waals surface area contributed by atoms with E-state index in [1.165, 1.54) is 38.6 Å². The summed E-state index contributed by atoms with van der Waals surface area (Å²) in [5, 5.41) is 3.42. The smallest absolute Gasteiger partial charge is 0.175 e. The monoisotopic (exact) mass is 323 g/mol. The Morgan fingerprint density at radius 2 is 1.86 bits per heavy atom. The molecule has 1 N–H and O–H groups in total. The predicted octanol–water partition coefficient (Wildman–Crippen LogP) is 2.24. The third-order valence-electron chi connectivity index (χ3n) is 4.92. The molecule has 22 heavy (non-hydrogen) atoms. The van der Waals surface area contributed by atoms with Crippen LogP contribution in [0.3, 0.4) is 0 Å². The lowest BCUT2D eigenvalue weighted by Crippen LogP contribution is -2.29. The standard InChI is InChI=1S/C17H25NO3S/c1-22(19,20)16-4-2-13(3-5-16)11-21-12-15-10-17(15)14-6-8-18-9-7-14/h2-5,14-15,17-18H,6-12H2,1H3/t15-,17-/m1/s1. The highest BCUT2D eigenvalue weighted by atomic mass is 32.2. The van der Waals surface area contributed by atoms with E-state index in [9.17, 15) is 8.42 Å². The molecule has 1 aliphatic carbocycles. The Labute approximate surface area is 133 Å². The lowest BCUT2D eigenvalue weighted by Gasteiger charge is -2.22. The lowest BCUT2D eigenvalue weighted by atomic mass is 9.92. The van der Waals surface area contributed by atoms with Gasteiger partial charge in [-0.1, -0.05) is 12.1 Å². The molecule has 0 amide bonds. The van der Waals surface area contributed by atoms with Crippen molar-refractivity contribution in [3.63, 3.8) is 0 Å². The normalized spacial score (nSPS) is 26.0. The van der Waals surface area contributed by atoms with E-state index in [-0.39, 0.29) is 0 Å². The van der Waals surface area contributed by atoms with Crippen LogP contribution in [0.25, 0.3) is 0 Å². The van der Waals surface area contributed by atoms with Crippen molar-refractivity contribution < 1.29 is 13.2 Å². The van der Waals surface area contributed by atoms with E-state index in [0.717, 1.165) is 29.9 Å². The van der Waals surface area contributed by atoms with Crippen LogP contribution >= 0.6 is 0 Å². The molecule has 122 valence electrons. The number of sulfone groups is 1. The van der Waals surface area contributed by atoms with Crippen molar-refractivity contribution >= 4 is 9.84 Å². The Balaban J connectivity index is 1.40. The molecule has 0 bridgehead atoms. The van der Waals surface area contributed by atoms with Crippen molar-refractivity contribution in [3.05, 3.63) is 29.8 Å². The number of hydrogen-bond acceptors (Lipinski definition) is 4. The average Bonchev–Trinajstić information content (AvgIpc) is 3.27. The molecule has 1 heterocycles. The first-order valence-corrected chi connectivity index (χ1v) is 10.0. The number of ether oxygens (including phenoxy) is 1. The molecule has 2 aliphatic rings. The molecular weight excluding hydrogens is 298 g/mol. The fourth-order valence-electron chi connectivity index (χ4n) is 3.47. The Morgan fingerprint density at radius 1 is 1.18 bits per heavy atom. The summed E-state index contributed by atoms with van der Waals surface area (Å²) in [7, 11) is -3.11. The molecule has 4 nitrogen and oxygen atoms in total. The summed E-state index contributed by atoms with van der Waals surface area (Å²) in [5.41, 5.74) is 1.03. The van der Waals surface area contributed by atoms with Crippen LogP contribution in [-0.2, 0) is 21.2 Å². The van der Waals surface area contributed by atoms with E-state index >= 15 is 0 Å². The molecule has 0 aromatic heterocycles. The SMILES string of the molecule is CS(=O)(=O)c1ccc(COC[C@H]2C[C@@H]2C2CCNCC2)cc1. The number of benzene rings is 1. The second-order valence-corrected chi connectivity index (χ2v) is 8.69. The summed E-state index contributed by atoms with van der Waals surface area (Å²) in [5.74, 6) is 2.50. The molecule has 3 rings (SSSR count). The highest BCUT2D eigenvalue weighted by molar-refractivity contribution is 7.90. The van der Waals surface area contributed by atoms with Gasteiger partial charge in [-0.05, 0) is 67.8 Å². The molecule has 1 aromatic carbocycles. The van der Waals surface area contributed by atoms with E-state index in [4.69, 9.17) is 4.74 Å². The van der Waals surface area contributed by atoms with Gasteiger partial charge in [0.25, 0.3) is 0 Å². The summed E-state index contributed by atoms with van der Waals surface area (Å²) in [6, 6.07) is 6.99. The summed E-state index contributed by atoms with van der Waals surface area (Å²) in [6.07, 6.45) is 5.17. The summed E-state index contributed by atoms with van der Waals surface area (Å²) >= 11 is 0. The second kappa shape index (κ2) is 6.69. The molecule has 5 heteroatoms. The Bertz CT molecular complexity index is 591. The second-order valence-electron chi connectivity index (χ2n) is 6.68. The average molecular weight is 323 g/mol. The van der Waals surface area contributed by atoms with Crippen LogP contribution in [0.2, 0.25) is 0 Å². The number of nitrogens with one attached hydrogen (secondary N) is 1. The first-order valence-electron chi connectivity index (χ1n) is 8.11. The van der Waals surface area contributed by atoms with Crippen molar-refractivity contribution in [3.8, 4) is 0 Å². The van der Waals surface area contributed by atoms with Crippen LogP contribution in [-0.4, -0.2) is 34.4 Å². The molecule has 1 aliphatic heterocycles. The van der Waals surface area contributed by atoms with Gasteiger partial charge in [0, 0.05) is 6.26 Å². The molecule has 2 fully saturated rings. The van der Waals surface area contributed by atoms with E-state index < -0.39 is 9.84 Å². The zero-order valence-electron chi connectivity index (χ0n) is 13.1. The first kappa shape index (κ1) is 16.0. The Morgan fingerprint density at radius 3 is 2.50 bits per heavy atom. The summed E-state index contributed by atoms with van der Waals surface area (Å²) in [6.45, 7) is 3.74. The van der Waals surface area contributed by atoms with Crippen molar-refractivity contribution in [1.82, 2.24) is 5.32 Å². The van der Waals surface area contributed by atoms with E-state index in [0.29, 0.717) is 11.5 Å². The van der Waals surface area contributed by atoms with E-state index in [1.54, 1.807) is 12.1 Å². The van der Waals surface area contributed by atoms with Crippen molar-refractivity contribution in [2.75, 3.05) is 26.0 Å². The maximum atomic E-state index is 11.4. The van der Waals surface area contributed by atoms with E-state index in [2.05, 4.69) is 5.32 Å². The van der Waals surface area contributed by atoms with Gasteiger partial charge < -0.3 is 10.1 Å². The largest absolute Gasteiger partial charge is 0.376 e. The van der Waals surface area contributed by atoms with Gasteiger partial charge in [-0.15, -0.1) is 0 Å². The van der Waals surface area contributed by atoms with Crippen molar-refractivity contribution in [2.24, 2.45) is 17.8 Å². The third-order valence-corrected chi connectivity index (χ3v) is 6.05. The van der Waals surface area contributed by atoms with E-state index in [1.807, 2.05) is 12.1 Å². The molecule has 2 atom stereocenters. The van der Waals surface area contributed by atoms with Gasteiger partial charge in [0.1, 0.15) is 0 Å². The van der Waals surface area contributed by atoms with Gasteiger partial charge in [0.2, 0.25) is 0 Å². The van der Waals surface area contributed by atoms with Gasteiger partial charge in [-0.3, -0.25) is 0 Å². The lowest BCUT2D eigenvalue weighted by molar-refractivity contribution is 0.104. The maximum absolute atomic E-state index is 11.4. The fraction of sp³-hybridized carbons (Fsp3) is 0.647. The number of piperidine rings is 1. The number of rotatable bonds is 6. The minimum Gasteiger partial charge on any atom is -0.376 e. The number of hydrogen-bond donors (Lipinski definition) is 1. The maximum Gasteiger partial charge on any atom is 0.175 e. The summed E-state index contributed by atoms with van der Waals surface area (Å²) < 4.78 is 28.6. The highest BCUT2D eigenvalue weighted by Crippen LogP contribution is 2.47. The Kier molecular flexibility index (Phi) is 4.85. The Hall–Kier alpha value is -0.910. The van der Waals surface area contributed by atoms with Crippen molar-refractivity contribution in [2.45, 2.75) is 30.8 Å². The third kappa shape index (κ3) is 4.09. The highest BCUT2D eigenvalue weighted by Gasteiger charge is 2.42. The van der Waals surface area contributed by atoms with Crippen LogP contribution in [0.5, 0.6) is 0 Å². The molecule has 1 saturated heterocycles. The minimum atomic E-state index is -3.11. The van der Waals surface area contributed by atoms with Crippen LogP contribution in [0.15, 0.2) is 29.2 Å². The first-order chi connectivity index (χ1) is 10.5. The zero-order chi connectivity index (χ0) is 15.6. The van der Waals surface area contributed by atoms with Gasteiger partial charge in [-0.25, -0.2) is 8.42 Å². The topological polar surface area (TPSA) is 55.4 Å². The molecule has 1 saturated carbocycles. The van der Waals surface area contributed by atoms with Gasteiger partial charge in [0.05, 0.1) is 18.1 Å². The van der Waals surface area contributed by atoms with Crippen LogP contribution in [0, 0.1) is 17.8 Å². The fourth-order valence-corrected chi connectivity index (χ4v) is 4.10. The van der Waals surface area contributed by atoms with Crippen LogP contribution < -0.4 is 5.32 Å². The molecule has 1 aromatic rings. The van der Waals surface area contributed by atoms with Gasteiger partial charge in [0.15, 0.2) is 9.84 Å². The summed E-state index contributed by atoms with van der Waals surface area (Å²) in [4.78, 5) is 0.365. The minimum absolute atomic E-state index is 0.365.